The summed E-state index contributed by atoms with van der Waals surface area (Å²) in [5, 5.41) is 10.7. The van der Waals surface area contributed by atoms with Crippen LogP contribution in [0.2, 0.25) is 0 Å². The van der Waals surface area contributed by atoms with Gasteiger partial charge in [0.2, 0.25) is 0 Å². The van der Waals surface area contributed by atoms with E-state index >= 15 is 0 Å². The molecule has 0 aromatic carbocycles. The molecule has 0 aliphatic carbocycles. The number of aryl methyl sites for hydroxylation is 1. The third-order valence-corrected chi connectivity index (χ3v) is 2.04. The van der Waals surface area contributed by atoms with E-state index in [1.165, 1.54) is 0 Å². The molecule has 0 spiro atoms. The molecule has 0 amide bonds. The molecule has 1 aromatic heterocycles. The molecule has 0 saturated carbocycles. The van der Waals surface area contributed by atoms with Crippen LogP contribution in [0, 0.1) is 19.3 Å². The van der Waals surface area contributed by atoms with Gasteiger partial charge in [-0.1, -0.05) is 29.6 Å². The second-order valence-corrected chi connectivity index (χ2v) is 3.19. The van der Waals surface area contributed by atoms with Gasteiger partial charge in [-0.2, -0.15) is 0 Å². The molecule has 0 fully saturated rings. The SMILES string of the molecule is C#CC(CCC)NCc1nonc1C. The molecule has 1 aromatic rings. The Kier molecular flexibility index (Phi) is 4.14. The van der Waals surface area contributed by atoms with Crippen LogP contribution in [0.25, 0.3) is 0 Å². The van der Waals surface area contributed by atoms with Crippen molar-refractivity contribution in [2.75, 3.05) is 0 Å². The molecule has 76 valence electrons. The van der Waals surface area contributed by atoms with Gasteiger partial charge < -0.3 is 0 Å². The fraction of sp³-hybridized carbons (Fsp3) is 0.600. The van der Waals surface area contributed by atoms with Crippen LogP contribution in [0.5, 0.6) is 0 Å². The molecule has 1 rings (SSSR count). The van der Waals surface area contributed by atoms with E-state index in [0.29, 0.717) is 6.54 Å². The monoisotopic (exact) mass is 193 g/mol. The number of rotatable bonds is 5. The van der Waals surface area contributed by atoms with Crippen molar-refractivity contribution in [3.05, 3.63) is 11.4 Å². The highest BCUT2D eigenvalue weighted by molar-refractivity contribution is 5.06. The van der Waals surface area contributed by atoms with Crippen LogP contribution in [0.1, 0.15) is 31.2 Å². The van der Waals surface area contributed by atoms with Crippen LogP contribution in [-0.4, -0.2) is 16.4 Å². The maximum atomic E-state index is 5.36. The molecule has 1 atom stereocenters. The Bertz CT molecular complexity index is 313. The first-order chi connectivity index (χ1) is 6.77. The number of hydrogen-bond donors (Lipinski definition) is 1. The minimum absolute atomic E-state index is 0.107. The Morgan fingerprint density at radius 1 is 1.57 bits per heavy atom. The molecule has 4 heteroatoms. The third-order valence-electron chi connectivity index (χ3n) is 2.04. The fourth-order valence-electron chi connectivity index (χ4n) is 1.16. The van der Waals surface area contributed by atoms with Crippen LogP contribution in [-0.2, 0) is 6.54 Å². The van der Waals surface area contributed by atoms with E-state index in [0.717, 1.165) is 24.2 Å². The molecule has 0 bridgehead atoms. The number of nitrogens with zero attached hydrogens (tertiary/aromatic N) is 2. The van der Waals surface area contributed by atoms with Gasteiger partial charge in [0.25, 0.3) is 0 Å². The van der Waals surface area contributed by atoms with Gasteiger partial charge in [0.1, 0.15) is 11.4 Å². The fourth-order valence-corrected chi connectivity index (χ4v) is 1.16. The zero-order chi connectivity index (χ0) is 10.4. The predicted molar refractivity (Wildman–Crippen MR) is 53.4 cm³/mol. The second-order valence-electron chi connectivity index (χ2n) is 3.19. The van der Waals surface area contributed by atoms with E-state index in [1.807, 2.05) is 6.92 Å². The Hall–Kier alpha value is -1.34. The van der Waals surface area contributed by atoms with Crippen molar-refractivity contribution in [1.29, 1.82) is 0 Å². The highest BCUT2D eigenvalue weighted by Crippen LogP contribution is 2.01. The van der Waals surface area contributed by atoms with Crippen molar-refractivity contribution in [3.8, 4) is 12.3 Å². The maximum Gasteiger partial charge on any atom is 0.121 e. The van der Waals surface area contributed by atoms with Gasteiger partial charge in [0.15, 0.2) is 0 Å². The van der Waals surface area contributed by atoms with E-state index in [1.54, 1.807) is 0 Å². The van der Waals surface area contributed by atoms with E-state index in [2.05, 4.69) is 33.1 Å². The Morgan fingerprint density at radius 3 is 2.86 bits per heavy atom. The maximum absolute atomic E-state index is 5.36. The zero-order valence-electron chi connectivity index (χ0n) is 8.58. The Labute approximate surface area is 84.0 Å². The lowest BCUT2D eigenvalue weighted by Crippen LogP contribution is -2.27. The number of nitrogens with one attached hydrogen (secondary N) is 1. The summed E-state index contributed by atoms with van der Waals surface area (Å²) in [5.41, 5.74) is 1.63. The molecule has 0 aliphatic heterocycles. The summed E-state index contributed by atoms with van der Waals surface area (Å²) in [4.78, 5) is 0. The van der Waals surface area contributed by atoms with Crippen LogP contribution in [0.3, 0.4) is 0 Å². The summed E-state index contributed by atoms with van der Waals surface area (Å²) in [7, 11) is 0. The average Bonchev–Trinajstić information content (AvgIpc) is 2.59. The number of hydrogen-bond acceptors (Lipinski definition) is 4. The van der Waals surface area contributed by atoms with Gasteiger partial charge in [-0.05, 0) is 13.3 Å². The molecule has 14 heavy (non-hydrogen) atoms. The van der Waals surface area contributed by atoms with Crippen molar-refractivity contribution in [2.24, 2.45) is 0 Å². The van der Waals surface area contributed by atoms with Crippen molar-refractivity contribution < 1.29 is 4.63 Å². The molecule has 1 unspecified atom stereocenters. The molecule has 0 aliphatic rings. The van der Waals surface area contributed by atoms with E-state index in [-0.39, 0.29) is 6.04 Å². The number of aromatic nitrogens is 2. The van der Waals surface area contributed by atoms with Gasteiger partial charge in [-0.3, -0.25) is 5.32 Å². The lowest BCUT2D eigenvalue weighted by Gasteiger charge is -2.09. The van der Waals surface area contributed by atoms with E-state index in [9.17, 15) is 0 Å². The Balaban J connectivity index is 2.40. The van der Waals surface area contributed by atoms with Crippen molar-refractivity contribution in [2.45, 2.75) is 39.3 Å². The molecular formula is C10H15N3O. The molecular weight excluding hydrogens is 178 g/mol. The van der Waals surface area contributed by atoms with Crippen molar-refractivity contribution in [1.82, 2.24) is 15.6 Å². The van der Waals surface area contributed by atoms with Crippen LogP contribution in [0.15, 0.2) is 4.63 Å². The minimum Gasteiger partial charge on any atom is -0.298 e. The summed E-state index contributed by atoms with van der Waals surface area (Å²) in [5.74, 6) is 2.69. The highest BCUT2D eigenvalue weighted by Gasteiger charge is 2.07. The van der Waals surface area contributed by atoms with Gasteiger partial charge in [-0.15, -0.1) is 6.42 Å². The molecule has 1 heterocycles. The molecule has 1 N–H and O–H groups in total. The van der Waals surface area contributed by atoms with Gasteiger partial charge >= 0.3 is 0 Å². The van der Waals surface area contributed by atoms with Gasteiger partial charge in [0, 0.05) is 6.54 Å². The standard InChI is InChI=1S/C10H15N3O/c1-4-6-9(5-2)11-7-10-8(3)12-14-13-10/h2,9,11H,4,6-7H2,1,3H3. The minimum atomic E-state index is 0.107. The Morgan fingerprint density at radius 2 is 2.36 bits per heavy atom. The van der Waals surface area contributed by atoms with E-state index < -0.39 is 0 Å². The quantitative estimate of drug-likeness (QED) is 0.715. The smallest absolute Gasteiger partial charge is 0.121 e. The molecule has 4 nitrogen and oxygen atoms in total. The average molecular weight is 193 g/mol. The largest absolute Gasteiger partial charge is 0.298 e. The zero-order valence-corrected chi connectivity index (χ0v) is 8.58. The lowest BCUT2D eigenvalue weighted by molar-refractivity contribution is 0.300. The molecule has 0 saturated heterocycles. The lowest BCUT2D eigenvalue weighted by atomic mass is 10.2. The van der Waals surface area contributed by atoms with Gasteiger partial charge in [-0.25, -0.2) is 4.63 Å². The highest BCUT2D eigenvalue weighted by atomic mass is 16.6. The summed E-state index contributed by atoms with van der Waals surface area (Å²) in [6.07, 6.45) is 7.40. The first kappa shape index (κ1) is 10.7. The van der Waals surface area contributed by atoms with Crippen LogP contribution >= 0.6 is 0 Å². The summed E-state index contributed by atoms with van der Waals surface area (Å²) in [6, 6.07) is 0.107. The summed E-state index contributed by atoms with van der Waals surface area (Å²) < 4.78 is 4.58. The second kappa shape index (κ2) is 5.40. The topological polar surface area (TPSA) is 51.0 Å². The molecule has 0 radical (unpaired) electrons. The van der Waals surface area contributed by atoms with Crippen molar-refractivity contribution >= 4 is 0 Å². The predicted octanol–water partition coefficient (Wildman–Crippen LogP) is 1.27. The number of terminal acetylenes is 1. The first-order valence-corrected chi connectivity index (χ1v) is 4.75. The first-order valence-electron chi connectivity index (χ1n) is 4.75. The van der Waals surface area contributed by atoms with Crippen LogP contribution < -0.4 is 5.32 Å². The summed E-state index contributed by atoms with van der Waals surface area (Å²) in [6.45, 7) is 4.58. The van der Waals surface area contributed by atoms with Crippen LogP contribution in [0.4, 0.5) is 0 Å². The third kappa shape index (κ3) is 2.86. The normalized spacial score (nSPS) is 12.4. The van der Waals surface area contributed by atoms with E-state index in [4.69, 9.17) is 6.42 Å². The summed E-state index contributed by atoms with van der Waals surface area (Å²) >= 11 is 0. The van der Waals surface area contributed by atoms with Crippen molar-refractivity contribution in [3.63, 3.8) is 0 Å². The van der Waals surface area contributed by atoms with Gasteiger partial charge in [0.05, 0.1) is 6.04 Å².